The number of anilines is 1. The summed E-state index contributed by atoms with van der Waals surface area (Å²) in [5.74, 6) is 0.292. The summed E-state index contributed by atoms with van der Waals surface area (Å²) < 4.78 is 5.07. The van der Waals surface area contributed by atoms with E-state index in [1.54, 1.807) is 31.4 Å². The van der Waals surface area contributed by atoms with Crippen LogP contribution in [-0.2, 0) is 9.59 Å². The Morgan fingerprint density at radius 1 is 1.30 bits per heavy atom. The van der Waals surface area contributed by atoms with Gasteiger partial charge in [-0.2, -0.15) is 4.99 Å². The zero-order chi connectivity index (χ0) is 16.8. The van der Waals surface area contributed by atoms with Crippen molar-refractivity contribution >= 4 is 34.4 Å². The third kappa shape index (κ3) is 4.48. The number of carbonyl (C=O) groups is 2. The third-order valence-corrected chi connectivity index (χ3v) is 4.72. The van der Waals surface area contributed by atoms with Gasteiger partial charge in [0.25, 0.3) is 5.91 Å². The van der Waals surface area contributed by atoms with Gasteiger partial charge in [-0.05, 0) is 38.1 Å². The number of carbonyl (C=O) groups excluding carboxylic acids is 2. The number of hydrogen-bond donors (Lipinski definition) is 1. The van der Waals surface area contributed by atoms with E-state index in [1.165, 1.54) is 11.8 Å². The van der Waals surface area contributed by atoms with Crippen molar-refractivity contribution in [1.29, 1.82) is 0 Å². The Morgan fingerprint density at radius 3 is 2.52 bits per heavy atom. The standard InChI is InChI=1S/C16H21N3O3S/c1-4-19(5-2)16-18-15(21)13(23-16)10-14(20)17-11-6-8-12(22-3)9-7-11/h6-9,13H,4-5,10H2,1-3H3,(H,17,20)/t13-/m0/s1. The lowest BCUT2D eigenvalue weighted by molar-refractivity contribution is -0.121. The molecule has 1 atom stereocenters. The molecule has 1 aliphatic rings. The van der Waals surface area contributed by atoms with E-state index in [4.69, 9.17) is 4.74 Å². The van der Waals surface area contributed by atoms with Crippen LogP contribution < -0.4 is 10.1 Å². The first kappa shape index (κ1) is 17.3. The Kier molecular flexibility index (Phi) is 6.04. The lowest BCUT2D eigenvalue weighted by Gasteiger charge is -2.19. The largest absolute Gasteiger partial charge is 0.497 e. The van der Waals surface area contributed by atoms with Crippen molar-refractivity contribution in [1.82, 2.24) is 4.90 Å². The summed E-state index contributed by atoms with van der Waals surface area (Å²) in [5, 5.41) is 3.06. The van der Waals surface area contributed by atoms with Crippen molar-refractivity contribution in [3.63, 3.8) is 0 Å². The molecule has 0 bridgehead atoms. The molecule has 1 heterocycles. The van der Waals surface area contributed by atoms with Crippen molar-refractivity contribution in [2.75, 3.05) is 25.5 Å². The average Bonchev–Trinajstić information content (AvgIpc) is 2.90. The van der Waals surface area contributed by atoms with Gasteiger partial charge in [0.2, 0.25) is 5.91 Å². The summed E-state index contributed by atoms with van der Waals surface area (Å²) in [6, 6.07) is 7.07. The van der Waals surface area contributed by atoms with Gasteiger partial charge in [0.15, 0.2) is 5.17 Å². The third-order valence-electron chi connectivity index (χ3n) is 3.51. The zero-order valence-electron chi connectivity index (χ0n) is 13.5. The number of rotatable bonds is 6. The number of amides is 2. The van der Waals surface area contributed by atoms with Gasteiger partial charge in [0.05, 0.1) is 7.11 Å². The maximum atomic E-state index is 12.1. The van der Waals surface area contributed by atoms with E-state index in [-0.39, 0.29) is 18.2 Å². The molecule has 2 rings (SSSR count). The molecule has 7 heteroatoms. The molecule has 6 nitrogen and oxygen atoms in total. The van der Waals surface area contributed by atoms with Crippen LogP contribution in [0.15, 0.2) is 29.3 Å². The highest BCUT2D eigenvalue weighted by atomic mass is 32.2. The lowest BCUT2D eigenvalue weighted by atomic mass is 10.2. The molecular formula is C16H21N3O3S. The molecule has 1 aromatic carbocycles. The van der Waals surface area contributed by atoms with E-state index in [1.807, 2.05) is 18.7 Å². The van der Waals surface area contributed by atoms with Gasteiger partial charge in [-0.15, -0.1) is 0 Å². The maximum absolute atomic E-state index is 12.1. The Hall–Kier alpha value is -2.02. The number of aliphatic imine (C=N–C) groups is 1. The summed E-state index contributed by atoms with van der Waals surface area (Å²) >= 11 is 1.37. The SMILES string of the molecule is CCN(CC)C1=NC(=O)[C@H](CC(=O)Nc2ccc(OC)cc2)S1. The second kappa shape index (κ2) is 8.01. The molecule has 0 aromatic heterocycles. The highest BCUT2D eigenvalue weighted by Gasteiger charge is 2.32. The Morgan fingerprint density at radius 2 is 1.96 bits per heavy atom. The fraction of sp³-hybridized carbons (Fsp3) is 0.438. The van der Waals surface area contributed by atoms with Gasteiger partial charge in [-0.1, -0.05) is 11.8 Å². The molecule has 1 aliphatic heterocycles. The first-order valence-electron chi connectivity index (χ1n) is 7.55. The lowest BCUT2D eigenvalue weighted by Crippen LogP contribution is -2.27. The number of nitrogens with zero attached hydrogens (tertiary/aromatic N) is 2. The monoisotopic (exact) mass is 335 g/mol. The molecule has 0 saturated heterocycles. The van der Waals surface area contributed by atoms with Crippen LogP contribution in [-0.4, -0.2) is 47.3 Å². The highest BCUT2D eigenvalue weighted by Crippen LogP contribution is 2.27. The fourth-order valence-electron chi connectivity index (χ4n) is 2.19. The molecule has 0 unspecified atom stereocenters. The Labute approximate surface area is 140 Å². The molecule has 0 spiro atoms. The Bertz CT molecular complexity index is 597. The molecule has 0 radical (unpaired) electrons. The van der Waals surface area contributed by atoms with Crippen LogP contribution >= 0.6 is 11.8 Å². The van der Waals surface area contributed by atoms with Crippen LogP contribution in [0.25, 0.3) is 0 Å². The van der Waals surface area contributed by atoms with Crippen LogP contribution in [0.5, 0.6) is 5.75 Å². The normalized spacial score (nSPS) is 16.9. The second-order valence-electron chi connectivity index (χ2n) is 4.99. The second-order valence-corrected chi connectivity index (χ2v) is 6.16. The highest BCUT2D eigenvalue weighted by molar-refractivity contribution is 8.15. The van der Waals surface area contributed by atoms with Gasteiger partial charge in [0.1, 0.15) is 11.0 Å². The summed E-state index contributed by atoms with van der Waals surface area (Å²) in [7, 11) is 1.59. The first-order chi connectivity index (χ1) is 11.1. The maximum Gasteiger partial charge on any atom is 0.262 e. The minimum absolute atomic E-state index is 0.115. The number of thioether (sulfide) groups is 1. The van der Waals surface area contributed by atoms with E-state index in [0.29, 0.717) is 10.9 Å². The molecule has 1 aromatic rings. The van der Waals surface area contributed by atoms with Gasteiger partial charge < -0.3 is 15.0 Å². The van der Waals surface area contributed by atoms with Crippen LogP contribution in [0.4, 0.5) is 5.69 Å². The predicted octanol–water partition coefficient (Wildman–Crippen LogP) is 2.36. The number of hydrogen-bond acceptors (Lipinski definition) is 5. The van der Waals surface area contributed by atoms with Crippen molar-refractivity contribution < 1.29 is 14.3 Å². The van der Waals surface area contributed by atoms with Crippen LogP contribution in [0.2, 0.25) is 0 Å². The van der Waals surface area contributed by atoms with E-state index >= 15 is 0 Å². The number of nitrogens with one attached hydrogen (secondary N) is 1. The molecule has 0 saturated carbocycles. The quantitative estimate of drug-likeness (QED) is 0.864. The number of ether oxygens (including phenoxy) is 1. The van der Waals surface area contributed by atoms with Gasteiger partial charge in [-0.25, -0.2) is 0 Å². The van der Waals surface area contributed by atoms with E-state index in [9.17, 15) is 9.59 Å². The van der Waals surface area contributed by atoms with E-state index in [2.05, 4.69) is 10.3 Å². The molecule has 2 amide bonds. The topological polar surface area (TPSA) is 71.0 Å². The van der Waals surface area contributed by atoms with Crippen molar-refractivity contribution in [3.05, 3.63) is 24.3 Å². The van der Waals surface area contributed by atoms with Crippen molar-refractivity contribution in [2.24, 2.45) is 4.99 Å². The molecular weight excluding hydrogens is 314 g/mol. The predicted molar refractivity (Wildman–Crippen MR) is 93.0 cm³/mol. The smallest absolute Gasteiger partial charge is 0.262 e. The van der Waals surface area contributed by atoms with E-state index < -0.39 is 5.25 Å². The molecule has 0 fully saturated rings. The van der Waals surface area contributed by atoms with Crippen LogP contribution in [0.3, 0.4) is 0 Å². The molecule has 23 heavy (non-hydrogen) atoms. The minimum Gasteiger partial charge on any atom is -0.497 e. The molecule has 1 N–H and O–H groups in total. The number of benzene rings is 1. The zero-order valence-corrected chi connectivity index (χ0v) is 14.4. The number of methoxy groups -OCH3 is 1. The van der Waals surface area contributed by atoms with Crippen molar-refractivity contribution in [3.8, 4) is 5.75 Å². The summed E-state index contributed by atoms with van der Waals surface area (Å²) in [5.41, 5.74) is 0.677. The average molecular weight is 335 g/mol. The summed E-state index contributed by atoms with van der Waals surface area (Å²) in [4.78, 5) is 30.2. The summed E-state index contributed by atoms with van der Waals surface area (Å²) in [6.07, 6.45) is 0.115. The van der Waals surface area contributed by atoms with Gasteiger partial charge >= 0.3 is 0 Å². The molecule has 0 aliphatic carbocycles. The Balaban J connectivity index is 1.89. The van der Waals surface area contributed by atoms with E-state index in [0.717, 1.165) is 18.8 Å². The van der Waals surface area contributed by atoms with Crippen LogP contribution in [0.1, 0.15) is 20.3 Å². The van der Waals surface area contributed by atoms with Gasteiger partial charge in [-0.3, -0.25) is 9.59 Å². The fourth-order valence-corrected chi connectivity index (χ4v) is 3.39. The summed E-state index contributed by atoms with van der Waals surface area (Å²) in [6.45, 7) is 5.61. The first-order valence-corrected chi connectivity index (χ1v) is 8.43. The van der Waals surface area contributed by atoms with Crippen molar-refractivity contribution in [2.45, 2.75) is 25.5 Å². The minimum atomic E-state index is -0.441. The van der Waals surface area contributed by atoms with Crippen LogP contribution in [0, 0.1) is 0 Å². The van der Waals surface area contributed by atoms with Gasteiger partial charge in [0, 0.05) is 25.2 Å². The molecule has 124 valence electrons. The number of amidine groups is 1.